The van der Waals surface area contributed by atoms with Crippen LogP contribution in [0.3, 0.4) is 0 Å². The van der Waals surface area contributed by atoms with Gasteiger partial charge >= 0.3 is 0 Å². The molecule has 0 amide bonds. The zero-order chi connectivity index (χ0) is 15.3. The maximum atomic E-state index is 10.0. The van der Waals surface area contributed by atoms with Gasteiger partial charge in [-0.15, -0.1) is 0 Å². The number of aliphatic hydroxyl groups excluding tert-OH is 1. The fourth-order valence-electron chi connectivity index (χ4n) is 2.55. The van der Waals surface area contributed by atoms with E-state index in [-0.39, 0.29) is 0 Å². The molecule has 0 fully saturated rings. The lowest BCUT2D eigenvalue weighted by atomic mass is 10.0. The van der Waals surface area contributed by atoms with E-state index < -0.39 is 6.10 Å². The van der Waals surface area contributed by atoms with E-state index in [1.165, 1.54) is 57.8 Å². The van der Waals surface area contributed by atoms with Gasteiger partial charge in [-0.3, -0.25) is 9.97 Å². The first-order chi connectivity index (χ1) is 10.2. The summed E-state index contributed by atoms with van der Waals surface area (Å²) in [5.41, 5.74) is 1.60. The van der Waals surface area contributed by atoms with Crippen LogP contribution in [0.15, 0.2) is 12.4 Å². The molecule has 1 heterocycles. The molecule has 1 aromatic rings. The van der Waals surface area contributed by atoms with Crippen LogP contribution < -0.4 is 0 Å². The molecule has 0 aliphatic carbocycles. The Balaban J connectivity index is 1.95. The van der Waals surface area contributed by atoms with Crippen molar-refractivity contribution in [2.75, 3.05) is 0 Å². The summed E-state index contributed by atoms with van der Waals surface area (Å²) < 4.78 is 0. The molecule has 0 radical (unpaired) electrons. The molecule has 3 nitrogen and oxygen atoms in total. The molecule has 0 aliphatic heterocycles. The van der Waals surface area contributed by atoms with E-state index in [9.17, 15) is 5.11 Å². The van der Waals surface area contributed by atoms with Gasteiger partial charge in [0, 0.05) is 6.20 Å². The minimum atomic E-state index is -0.452. The molecule has 21 heavy (non-hydrogen) atoms. The molecule has 1 atom stereocenters. The summed E-state index contributed by atoms with van der Waals surface area (Å²) in [5.74, 6) is 0. The van der Waals surface area contributed by atoms with Gasteiger partial charge in [-0.2, -0.15) is 0 Å². The van der Waals surface area contributed by atoms with E-state index in [1.807, 2.05) is 6.92 Å². The first-order valence-electron chi connectivity index (χ1n) is 8.70. The summed E-state index contributed by atoms with van der Waals surface area (Å²) in [4.78, 5) is 8.41. The molecule has 0 spiro atoms. The number of aryl methyl sites for hydroxylation is 1. The summed E-state index contributed by atoms with van der Waals surface area (Å²) in [6.07, 6.45) is 17.0. The molecular weight excluding hydrogens is 260 g/mol. The van der Waals surface area contributed by atoms with Crippen LogP contribution in [-0.2, 0) is 0 Å². The average molecular weight is 292 g/mol. The van der Waals surface area contributed by atoms with Crippen molar-refractivity contribution in [2.45, 2.75) is 90.6 Å². The normalized spacial score (nSPS) is 12.5. The Kier molecular flexibility index (Phi) is 10.1. The molecule has 0 saturated heterocycles. The smallest absolute Gasteiger partial charge is 0.0975 e. The molecule has 1 aromatic heterocycles. The number of aromatic nitrogens is 2. The number of hydrogen-bond donors (Lipinski definition) is 1. The Labute approximate surface area is 130 Å². The van der Waals surface area contributed by atoms with Crippen molar-refractivity contribution in [3.8, 4) is 0 Å². The summed E-state index contributed by atoms with van der Waals surface area (Å²) >= 11 is 0. The van der Waals surface area contributed by atoms with Gasteiger partial charge in [0.05, 0.1) is 23.7 Å². The van der Waals surface area contributed by atoms with E-state index in [1.54, 1.807) is 12.4 Å². The molecule has 1 N–H and O–H groups in total. The van der Waals surface area contributed by atoms with Crippen LogP contribution in [0.1, 0.15) is 95.0 Å². The largest absolute Gasteiger partial charge is 0.387 e. The molecule has 0 aromatic carbocycles. The maximum absolute atomic E-state index is 10.0. The molecular formula is C18H32N2O. The molecule has 3 heteroatoms. The van der Waals surface area contributed by atoms with E-state index in [0.29, 0.717) is 5.69 Å². The van der Waals surface area contributed by atoms with Crippen molar-refractivity contribution >= 4 is 0 Å². The molecule has 1 unspecified atom stereocenters. The fraction of sp³-hybridized carbons (Fsp3) is 0.778. The third kappa shape index (κ3) is 8.82. The Bertz CT molecular complexity index is 351. The van der Waals surface area contributed by atoms with Crippen LogP contribution in [-0.4, -0.2) is 15.1 Å². The van der Waals surface area contributed by atoms with Gasteiger partial charge in [-0.25, -0.2) is 0 Å². The second-order valence-corrected chi connectivity index (χ2v) is 6.07. The minimum absolute atomic E-state index is 0.452. The number of rotatable bonds is 12. The highest BCUT2D eigenvalue weighted by atomic mass is 16.3. The van der Waals surface area contributed by atoms with Gasteiger partial charge in [0.1, 0.15) is 0 Å². The third-order valence-electron chi connectivity index (χ3n) is 3.97. The monoisotopic (exact) mass is 292 g/mol. The first-order valence-corrected chi connectivity index (χ1v) is 8.70. The molecule has 120 valence electrons. The van der Waals surface area contributed by atoms with E-state index in [0.717, 1.165) is 18.5 Å². The number of unbranched alkanes of at least 4 members (excludes halogenated alkanes) is 9. The zero-order valence-electron chi connectivity index (χ0n) is 13.9. The van der Waals surface area contributed by atoms with Crippen LogP contribution in [0.2, 0.25) is 0 Å². The molecule has 1 rings (SSSR count). The second-order valence-electron chi connectivity index (χ2n) is 6.07. The van der Waals surface area contributed by atoms with E-state index in [2.05, 4.69) is 16.9 Å². The van der Waals surface area contributed by atoms with Crippen LogP contribution in [0.4, 0.5) is 0 Å². The van der Waals surface area contributed by atoms with Crippen molar-refractivity contribution in [2.24, 2.45) is 0 Å². The topological polar surface area (TPSA) is 46.0 Å². The lowest BCUT2D eigenvalue weighted by molar-refractivity contribution is 0.158. The van der Waals surface area contributed by atoms with Gasteiger partial charge in [0.2, 0.25) is 0 Å². The first kappa shape index (κ1) is 18.1. The molecule has 0 bridgehead atoms. The molecule has 0 aliphatic rings. The predicted octanol–water partition coefficient (Wildman–Crippen LogP) is 5.13. The fourth-order valence-corrected chi connectivity index (χ4v) is 2.55. The standard InChI is InChI=1S/C18H32N2O/c1-3-4-5-6-7-8-9-10-11-12-13-18(21)17-15-19-16(2)14-20-17/h14-15,18,21H,3-13H2,1-2H3. The highest BCUT2D eigenvalue weighted by Crippen LogP contribution is 2.18. The van der Waals surface area contributed by atoms with Crippen LogP contribution >= 0.6 is 0 Å². The van der Waals surface area contributed by atoms with Gasteiger partial charge in [-0.05, 0) is 13.3 Å². The van der Waals surface area contributed by atoms with Crippen molar-refractivity contribution in [1.29, 1.82) is 0 Å². The predicted molar refractivity (Wildman–Crippen MR) is 88.2 cm³/mol. The minimum Gasteiger partial charge on any atom is -0.387 e. The summed E-state index contributed by atoms with van der Waals surface area (Å²) in [7, 11) is 0. The van der Waals surface area contributed by atoms with Gasteiger partial charge < -0.3 is 5.11 Å². The Morgan fingerprint density at radius 3 is 1.95 bits per heavy atom. The van der Waals surface area contributed by atoms with Crippen molar-refractivity contribution in [1.82, 2.24) is 9.97 Å². The highest BCUT2D eigenvalue weighted by molar-refractivity contribution is 5.03. The van der Waals surface area contributed by atoms with Crippen LogP contribution in [0, 0.1) is 6.92 Å². The lowest BCUT2D eigenvalue weighted by Gasteiger charge is -2.09. The van der Waals surface area contributed by atoms with Crippen LogP contribution in [0.5, 0.6) is 0 Å². The van der Waals surface area contributed by atoms with Gasteiger partial charge in [0.15, 0.2) is 0 Å². The van der Waals surface area contributed by atoms with Crippen molar-refractivity contribution in [3.63, 3.8) is 0 Å². The quantitative estimate of drug-likeness (QED) is 0.543. The van der Waals surface area contributed by atoms with E-state index in [4.69, 9.17) is 0 Å². The number of hydrogen-bond acceptors (Lipinski definition) is 3. The average Bonchev–Trinajstić information content (AvgIpc) is 2.49. The number of nitrogens with zero attached hydrogens (tertiary/aromatic N) is 2. The lowest BCUT2D eigenvalue weighted by Crippen LogP contribution is -2.01. The maximum Gasteiger partial charge on any atom is 0.0975 e. The van der Waals surface area contributed by atoms with Gasteiger partial charge in [0.25, 0.3) is 0 Å². The third-order valence-corrected chi connectivity index (χ3v) is 3.97. The SMILES string of the molecule is CCCCCCCCCCCCC(O)c1cnc(C)cn1. The van der Waals surface area contributed by atoms with Gasteiger partial charge in [-0.1, -0.05) is 71.1 Å². The Morgan fingerprint density at radius 2 is 1.43 bits per heavy atom. The van der Waals surface area contributed by atoms with Crippen molar-refractivity contribution < 1.29 is 5.11 Å². The molecule has 0 saturated carbocycles. The Morgan fingerprint density at radius 1 is 0.857 bits per heavy atom. The summed E-state index contributed by atoms with van der Waals surface area (Å²) in [6, 6.07) is 0. The van der Waals surface area contributed by atoms with Crippen LogP contribution in [0.25, 0.3) is 0 Å². The zero-order valence-corrected chi connectivity index (χ0v) is 13.9. The van der Waals surface area contributed by atoms with E-state index >= 15 is 0 Å². The second kappa shape index (κ2) is 11.7. The highest BCUT2D eigenvalue weighted by Gasteiger charge is 2.08. The Hall–Kier alpha value is -0.960. The summed E-state index contributed by atoms with van der Waals surface area (Å²) in [6.45, 7) is 4.17. The van der Waals surface area contributed by atoms with Crippen molar-refractivity contribution in [3.05, 3.63) is 23.8 Å². The number of aliphatic hydroxyl groups is 1. The summed E-state index contributed by atoms with van der Waals surface area (Å²) in [5, 5.41) is 10.0.